The lowest BCUT2D eigenvalue weighted by atomic mass is 9.71. The van der Waals surface area contributed by atoms with E-state index in [4.69, 9.17) is 0 Å². The van der Waals surface area contributed by atoms with Gasteiger partial charge in [-0.2, -0.15) is 0 Å². The van der Waals surface area contributed by atoms with Crippen LogP contribution >= 0.6 is 0 Å². The Morgan fingerprint density at radius 3 is 2.53 bits per heavy atom. The van der Waals surface area contributed by atoms with Crippen LogP contribution in [-0.4, -0.2) is 56.2 Å². The molecule has 0 spiro atoms. The fourth-order valence-electron chi connectivity index (χ4n) is 3.38. The molecule has 3 atom stereocenters. The standard InChI is InChI=1S/C14H29NO3S/c1-12-7-5-9-14(11-12,15(2)3)13(16)8-6-10-19(4,17)18/h12-13,16H,5-11H2,1-4H3. The van der Waals surface area contributed by atoms with Crippen LogP contribution in [0.15, 0.2) is 0 Å². The van der Waals surface area contributed by atoms with Crippen molar-refractivity contribution in [2.45, 2.75) is 57.1 Å². The van der Waals surface area contributed by atoms with E-state index in [9.17, 15) is 13.5 Å². The largest absolute Gasteiger partial charge is 0.391 e. The number of aliphatic hydroxyl groups excluding tert-OH is 1. The van der Waals surface area contributed by atoms with Crippen LogP contribution in [0.2, 0.25) is 0 Å². The van der Waals surface area contributed by atoms with Crippen LogP contribution in [0, 0.1) is 5.92 Å². The van der Waals surface area contributed by atoms with Gasteiger partial charge < -0.3 is 10.0 Å². The molecule has 0 aromatic rings. The van der Waals surface area contributed by atoms with Crippen molar-refractivity contribution in [3.63, 3.8) is 0 Å². The molecule has 0 amide bonds. The van der Waals surface area contributed by atoms with E-state index in [0.717, 1.165) is 19.3 Å². The highest BCUT2D eigenvalue weighted by molar-refractivity contribution is 7.90. The molecular weight excluding hydrogens is 262 g/mol. The summed E-state index contributed by atoms with van der Waals surface area (Å²) in [6.07, 6.45) is 6.30. The van der Waals surface area contributed by atoms with Crippen LogP contribution in [0.25, 0.3) is 0 Å². The van der Waals surface area contributed by atoms with Crippen molar-refractivity contribution in [3.05, 3.63) is 0 Å². The van der Waals surface area contributed by atoms with Gasteiger partial charge in [-0.3, -0.25) is 0 Å². The van der Waals surface area contributed by atoms with Crippen molar-refractivity contribution < 1.29 is 13.5 Å². The molecule has 19 heavy (non-hydrogen) atoms. The lowest BCUT2D eigenvalue weighted by Crippen LogP contribution is -2.56. The number of hydrogen-bond acceptors (Lipinski definition) is 4. The number of nitrogens with zero attached hydrogens (tertiary/aromatic N) is 1. The Balaban J connectivity index is 2.65. The summed E-state index contributed by atoms with van der Waals surface area (Å²) in [5, 5.41) is 10.6. The zero-order valence-electron chi connectivity index (χ0n) is 12.7. The van der Waals surface area contributed by atoms with Gasteiger partial charge in [-0.1, -0.05) is 19.8 Å². The van der Waals surface area contributed by atoms with Crippen LogP contribution in [0.3, 0.4) is 0 Å². The van der Waals surface area contributed by atoms with Crippen molar-refractivity contribution in [2.24, 2.45) is 5.92 Å². The van der Waals surface area contributed by atoms with Crippen molar-refractivity contribution >= 4 is 9.84 Å². The third-order valence-corrected chi connectivity index (χ3v) is 5.54. The summed E-state index contributed by atoms with van der Waals surface area (Å²) in [6.45, 7) is 2.24. The Hall–Kier alpha value is -0.130. The zero-order chi connectivity index (χ0) is 14.7. The van der Waals surface area contributed by atoms with E-state index in [2.05, 4.69) is 11.8 Å². The molecule has 1 fully saturated rings. The van der Waals surface area contributed by atoms with Gasteiger partial charge in [0, 0.05) is 17.5 Å². The molecule has 0 aromatic heterocycles. The topological polar surface area (TPSA) is 57.6 Å². The second-order valence-corrected chi connectivity index (χ2v) is 8.75. The summed E-state index contributed by atoms with van der Waals surface area (Å²) in [6, 6.07) is 0. The Labute approximate surface area is 118 Å². The second kappa shape index (κ2) is 6.55. The minimum absolute atomic E-state index is 0.170. The first-order valence-corrected chi connectivity index (χ1v) is 9.26. The molecule has 1 rings (SSSR count). The number of aliphatic hydroxyl groups is 1. The monoisotopic (exact) mass is 291 g/mol. The van der Waals surface area contributed by atoms with E-state index in [1.807, 2.05) is 14.1 Å². The molecule has 4 nitrogen and oxygen atoms in total. The number of hydrogen-bond donors (Lipinski definition) is 1. The molecule has 0 bridgehead atoms. The maximum absolute atomic E-state index is 11.2. The Morgan fingerprint density at radius 1 is 1.42 bits per heavy atom. The molecule has 0 aromatic carbocycles. The van der Waals surface area contributed by atoms with Crippen molar-refractivity contribution in [2.75, 3.05) is 26.1 Å². The van der Waals surface area contributed by atoms with Crippen LogP contribution in [-0.2, 0) is 9.84 Å². The molecule has 1 saturated carbocycles. The van der Waals surface area contributed by atoms with Gasteiger partial charge in [0.1, 0.15) is 9.84 Å². The summed E-state index contributed by atoms with van der Waals surface area (Å²) in [4.78, 5) is 2.15. The molecule has 1 aliphatic carbocycles. The van der Waals surface area contributed by atoms with Crippen LogP contribution in [0.4, 0.5) is 0 Å². The van der Waals surface area contributed by atoms with E-state index >= 15 is 0 Å². The minimum Gasteiger partial charge on any atom is -0.391 e. The maximum atomic E-state index is 11.2. The lowest BCUT2D eigenvalue weighted by molar-refractivity contribution is -0.0467. The molecule has 0 aliphatic heterocycles. The highest BCUT2D eigenvalue weighted by Crippen LogP contribution is 2.39. The molecule has 114 valence electrons. The summed E-state index contributed by atoms with van der Waals surface area (Å²) >= 11 is 0. The van der Waals surface area contributed by atoms with Crippen LogP contribution < -0.4 is 0 Å². The molecule has 0 saturated heterocycles. The minimum atomic E-state index is -2.93. The number of likely N-dealkylation sites (N-methyl/N-ethyl adjacent to an activating group) is 1. The summed E-state index contributed by atoms with van der Waals surface area (Å²) in [5.74, 6) is 0.795. The van der Waals surface area contributed by atoms with E-state index in [-0.39, 0.29) is 11.3 Å². The highest BCUT2D eigenvalue weighted by Gasteiger charge is 2.42. The first-order valence-electron chi connectivity index (χ1n) is 7.20. The van der Waals surface area contributed by atoms with Gasteiger partial charge >= 0.3 is 0 Å². The molecule has 1 aliphatic rings. The normalized spacial score (nSPS) is 30.5. The van der Waals surface area contributed by atoms with Gasteiger partial charge in [-0.05, 0) is 45.7 Å². The highest BCUT2D eigenvalue weighted by atomic mass is 32.2. The molecule has 0 heterocycles. The summed E-state index contributed by atoms with van der Waals surface area (Å²) in [7, 11) is 1.13. The Kier molecular flexibility index (Phi) is 5.83. The SMILES string of the molecule is CC1CCCC(C(O)CCCS(C)(=O)=O)(N(C)C)C1. The van der Waals surface area contributed by atoms with E-state index < -0.39 is 15.9 Å². The van der Waals surface area contributed by atoms with Gasteiger partial charge in [0.25, 0.3) is 0 Å². The fourth-order valence-corrected chi connectivity index (χ4v) is 4.07. The Morgan fingerprint density at radius 2 is 2.05 bits per heavy atom. The summed E-state index contributed by atoms with van der Waals surface area (Å²) in [5.41, 5.74) is -0.171. The van der Waals surface area contributed by atoms with E-state index in [0.29, 0.717) is 18.8 Å². The average molecular weight is 291 g/mol. The quantitative estimate of drug-likeness (QED) is 0.809. The lowest BCUT2D eigenvalue weighted by Gasteiger charge is -2.48. The molecular formula is C14H29NO3S. The van der Waals surface area contributed by atoms with Gasteiger partial charge in [-0.15, -0.1) is 0 Å². The van der Waals surface area contributed by atoms with Crippen molar-refractivity contribution in [1.82, 2.24) is 4.90 Å². The predicted octanol–water partition coefficient (Wildman–Crippen LogP) is 1.68. The smallest absolute Gasteiger partial charge is 0.147 e. The maximum Gasteiger partial charge on any atom is 0.147 e. The predicted molar refractivity (Wildman–Crippen MR) is 79.0 cm³/mol. The first-order chi connectivity index (χ1) is 8.67. The van der Waals surface area contributed by atoms with Gasteiger partial charge in [0.15, 0.2) is 0 Å². The Bertz CT molecular complexity index is 380. The molecule has 1 N–H and O–H groups in total. The van der Waals surface area contributed by atoms with Gasteiger partial charge in [0.05, 0.1) is 6.10 Å². The van der Waals surface area contributed by atoms with Gasteiger partial charge in [0.2, 0.25) is 0 Å². The average Bonchev–Trinajstić information content (AvgIpc) is 2.26. The molecule has 0 radical (unpaired) electrons. The van der Waals surface area contributed by atoms with Crippen LogP contribution in [0.5, 0.6) is 0 Å². The third-order valence-electron chi connectivity index (χ3n) is 4.51. The fraction of sp³-hybridized carbons (Fsp3) is 1.00. The van der Waals surface area contributed by atoms with Crippen molar-refractivity contribution in [1.29, 1.82) is 0 Å². The second-order valence-electron chi connectivity index (χ2n) is 6.49. The molecule has 3 unspecified atom stereocenters. The third kappa shape index (κ3) is 4.72. The van der Waals surface area contributed by atoms with E-state index in [1.54, 1.807) is 0 Å². The van der Waals surface area contributed by atoms with Gasteiger partial charge in [-0.25, -0.2) is 8.42 Å². The van der Waals surface area contributed by atoms with Crippen molar-refractivity contribution in [3.8, 4) is 0 Å². The number of rotatable bonds is 6. The molecule has 5 heteroatoms. The van der Waals surface area contributed by atoms with Crippen LogP contribution in [0.1, 0.15) is 45.4 Å². The zero-order valence-corrected chi connectivity index (χ0v) is 13.5. The first kappa shape index (κ1) is 16.9. The number of sulfone groups is 1. The summed E-state index contributed by atoms with van der Waals surface area (Å²) < 4.78 is 22.3. The van der Waals surface area contributed by atoms with E-state index in [1.165, 1.54) is 12.7 Å².